The molecule has 0 spiro atoms. The van der Waals surface area contributed by atoms with Crippen LogP contribution in [0.3, 0.4) is 0 Å². The quantitative estimate of drug-likeness (QED) is 0.903. The van der Waals surface area contributed by atoms with Crippen molar-refractivity contribution in [2.75, 3.05) is 30.4 Å². The number of hydrogen-bond acceptors (Lipinski definition) is 5. The van der Waals surface area contributed by atoms with Crippen LogP contribution in [0.2, 0.25) is 0 Å². The van der Waals surface area contributed by atoms with Gasteiger partial charge in [-0.05, 0) is 23.3 Å². The van der Waals surface area contributed by atoms with E-state index in [1.54, 1.807) is 11.3 Å². The normalized spacial score (nSPS) is 23.8. The van der Waals surface area contributed by atoms with Crippen LogP contribution >= 0.6 is 11.3 Å². The maximum atomic E-state index is 4.65. The largest absolute Gasteiger partial charge is 0.357 e. The van der Waals surface area contributed by atoms with Crippen LogP contribution in [0.15, 0.2) is 11.4 Å². The van der Waals surface area contributed by atoms with Crippen molar-refractivity contribution in [3.05, 3.63) is 11.4 Å². The lowest BCUT2D eigenvalue weighted by molar-refractivity contribution is 0.494. The molecule has 0 aromatic carbocycles. The van der Waals surface area contributed by atoms with Gasteiger partial charge in [0.2, 0.25) is 5.95 Å². The Morgan fingerprint density at radius 1 is 1.28 bits per heavy atom. The molecule has 0 saturated carbocycles. The molecular weight excluding hydrogens is 244 g/mol. The topological polar surface area (TPSA) is 41.1 Å². The van der Waals surface area contributed by atoms with E-state index in [0.717, 1.165) is 35.6 Å². The van der Waals surface area contributed by atoms with E-state index in [2.05, 4.69) is 45.5 Å². The summed E-state index contributed by atoms with van der Waals surface area (Å²) in [5.41, 5.74) is 0. The molecule has 0 bridgehead atoms. The van der Waals surface area contributed by atoms with E-state index in [1.165, 1.54) is 5.39 Å². The molecule has 1 saturated heterocycles. The minimum Gasteiger partial charge on any atom is -0.357 e. The van der Waals surface area contributed by atoms with Crippen molar-refractivity contribution in [1.82, 2.24) is 9.97 Å². The fourth-order valence-corrected chi connectivity index (χ4v) is 3.25. The molecule has 3 heterocycles. The van der Waals surface area contributed by atoms with Gasteiger partial charge in [-0.25, -0.2) is 4.98 Å². The molecule has 3 rings (SSSR count). The van der Waals surface area contributed by atoms with E-state index in [-0.39, 0.29) is 0 Å². The number of nitrogens with zero attached hydrogens (tertiary/aromatic N) is 3. The number of hydrogen-bond donors (Lipinski definition) is 1. The second kappa shape index (κ2) is 4.39. The molecule has 18 heavy (non-hydrogen) atoms. The van der Waals surface area contributed by atoms with Crippen molar-refractivity contribution < 1.29 is 0 Å². The van der Waals surface area contributed by atoms with Crippen LogP contribution < -0.4 is 10.2 Å². The smallest absolute Gasteiger partial charge is 0.225 e. The molecule has 1 aliphatic heterocycles. The lowest BCUT2D eigenvalue weighted by Gasteiger charge is -2.18. The second-order valence-corrected chi connectivity index (χ2v) is 6.01. The van der Waals surface area contributed by atoms with E-state index in [1.807, 2.05) is 7.05 Å². The van der Waals surface area contributed by atoms with Gasteiger partial charge in [0.05, 0.1) is 5.39 Å². The minimum atomic E-state index is 0.715. The summed E-state index contributed by atoms with van der Waals surface area (Å²) in [4.78, 5) is 12.6. The van der Waals surface area contributed by atoms with Crippen LogP contribution in [0, 0.1) is 11.8 Å². The molecule has 2 aromatic rings. The van der Waals surface area contributed by atoms with Gasteiger partial charge in [-0.15, -0.1) is 11.3 Å². The van der Waals surface area contributed by atoms with Crippen LogP contribution in [-0.2, 0) is 0 Å². The highest BCUT2D eigenvalue weighted by atomic mass is 32.1. The Morgan fingerprint density at radius 3 is 2.67 bits per heavy atom. The molecule has 2 unspecified atom stereocenters. The van der Waals surface area contributed by atoms with Gasteiger partial charge in [0.15, 0.2) is 0 Å². The van der Waals surface area contributed by atoms with Crippen molar-refractivity contribution in [3.8, 4) is 0 Å². The number of thiophene rings is 1. The van der Waals surface area contributed by atoms with Crippen LogP contribution in [-0.4, -0.2) is 30.1 Å². The number of aromatic nitrogens is 2. The summed E-state index contributed by atoms with van der Waals surface area (Å²) >= 11 is 1.67. The van der Waals surface area contributed by atoms with Gasteiger partial charge in [0, 0.05) is 20.1 Å². The van der Waals surface area contributed by atoms with E-state index in [0.29, 0.717) is 5.95 Å². The average Bonchev–Trinajstić information content (AvgIpc) is 2.95. The summed E-state index contributed by atoms with van der Waals surface area (Å²) in [6, 6.07) is 2.13. The fourth-order valence-electron chi connectivity index (χ4n) is 2.50. The SMILES string of the molecule is CNc1nc(N2CC(C)C(C)C2)c2ccsc2n1. The van der Waals surface area contributed by atoms with Crippen LogP contribution in [0.25, 0.3) is 10.2 Å². The van der Waals surface area contributed by atoms with Crippen molar-refractivity contribution >= 4 is 33.3 Å². The van der Waals surface area contributed by atoms with Gasteiger partial charge < -0.3 is 10.2 Å². The van der Waals surface area contributed by atoms with Gasteiger partial charge in [-0.3, -0.25) is 0 Å². The van der Waals surface area contributed by atoms with Gasteiger partial charge in [0.1, 0.15) is 10.6 Å². The third-order valence-corrected chi connectivity index (χ3v) is 4.62. The molecule has 96 valence electrons. The number of rotatable bonds is 2. The zero-order chi connectivity index (χ0) is 12.7. The molecule has 1 aliphatic rings. The summed E-state index contributed by atoms with van der Waals surface area (Å²) in [6.45, 7) is 6.81. The maximum Gasteiger partial charge on any atom is 0.225 e. The van der Waals surface area contributed by atoms with Crippen LogP contribution in [0.1, 0.15) is 13.8 Å². The maximum absolute atomic E-state index is 4.65. The first-order valence-corrected chi connectivity index (χ1v) is 7.25. The van der Waals surface area contributed by atoms with Crippen molar-refractivity contribution in [2.45, 2.75) is 13.8 Å². The molecule has 2 aromatic heterocycles. The fraction of sp³-hybridized carbons (Fsp3) is 0.538. The summed E-state index contributed by atoms with van der Waals surface area (Å²) < 4.78 is 0. The molecule has 2 atom stereocenters. The Morgan fingerprint density at radius 2 is 2.00 bits per heavy atom. The standard InChI is InChI=1S/C13H18N4S/c1-8-6-17(7-9(8)2)11-10-4-5-18-12(10)16-13(14-3)15-11/h4-5,8-9H,6-7H2,1-3H3,(H,14,15,16). The Labute approximate surface area is 111 Å². The molecule has 5 heteroatoms. The first kappa shape index (κ1) is 11.7. The lowest BCUT2D eigenvalue weighted by Crippen LogP contribution is -2.21. The second-order valence-electron chi connectivity index (χ2n) is 5.12. The zero-order valence-corrected chi connectivity index (χ0v) is 11.8. The summed E-state index contributed by atoms with van der Waals surface area (Å²) in [7, 11) is 1.87. The Kier molecular flexibility index (Phi) is 2.86. The van der Waals surface area contributed by atoms with Gasteiger partial charge in [-0.2, -0.15) is 4.98 Å². The predicted octanol–water partition coefficient (Wildman–Crippen LogP) is 2.83. The first-order chi connectivity index (χ1) is 8.69. The van der Waals surface area contributed by atoms with E-state index in [4.69, 9.17) is 0 Å². The Hall–Kier alpha value is -1.36. The molecule has 1 fully saturated rings. The summed E-state index contributed by atoms with van der Waals surface area (Å²) in [6.07, 6.45) is 0. The molecule has 1 N–H and O–H groups in total. The van der Waals surface area contributed by atoms with Crippen LogP contribution in [0.4, 0.5) is 11.8 Å². The molecular formula is C13H18N4S. The minimum absolute atomic E-state index is 0.715. The van der Waals surface area contributed by atoms with Crippen molar-refractivity contribution in [3.63, 3.8) is 0 Å². The predicted molar refractivity (Wildman–Crippen MR) is 77.5 cm³/mol. The van der Waals surface area contributed by atoms with E-state index in [9.17, 15) is 0 Å². The highest BCUT2D eigenvalue weighted by Crippen LogP contribution is 2.33. The van der Waals surface area contributed by atoms with Gasteiger partial charge in [0.25, 0.3) is 0 Å². The number of fused-ring (bicyclic) bond motifs is 1. The number of anilines is 2. The molecule has 0 amide bonds. The highest BCUT2D eigenvalue weighted by molar-refractivity contribution is 7.16. The number of nitrogens with one attached hydrogen (secondary N) is 1. The Balaban J connectivity index is 2.07. The lowest BCUT2D eigenvalue weighted by atomic mass is 10.0. The van der Waals surface area contributed by atoms with Crippen molar-refractivity contribution in [1.29, 1.82) is 0 Å². The summed E-state index contributed by atoms with van der Waals surface area (Å²) in [5, 5.41) is 6.32. The zero-order valence-electron chi connectivity index (χ0n) is 11.0. The molecule has 0 aliphatic carbocycles. The third-order valence-electron chi connectivity index (χ3n) is 3.82. The van der Waals surface area contributed by atoms with E-state index >= 15 is 0 Å². The van der Waals surface area contributed by atoms with Crippen LogP contribution in [0.5, 0.6) is 0 Å². The first-order valence-electron chi connectivity index (χ1n) is 6.37. The third kappa shape index (κ3) is 1.82. The average molecular weight is 262 g/mol. The molecule has 0 radical (unpaired) electrons. The van der Waals surface area contributed by atoms with Gasteiger partial charge >= 0.3 is 0 Å². The van der Waals surface area contributed by atoms with Crippen molar-refractivity contribution in [2.24, 2.45) is 11.8 Å². The van der Waals surface area contributed by atoms with Gasteiger partial charge in [-0.1, -0.05) is 13.8 Å². The Bertz CT molecular complexity index is 555. The summed E-state index contributed by atoms with van der Waals surface area (Å²) in [5.74, 6) is 3.26. The monoisotopic (exact) mass is 262 g/mol. The highest BCUT2D eigenvalue weighted by Gasteiger charge is 2.28. The van der Waals surface area contributed by atoms with E-state index < -0.39 is 0 Å². The molecule has 4 nitrogen and oxygen atoms in total.